The molecule has 1 unspecified atom stereocenters. The molecule has 0 saturated carbocycles. The van der Waals surface area contributed by atoms with Gasteiger partial charge in [-0.3, -0.25) is 0 Å². The molecule has 0 aliphatic heterocycles. The maximum Gasteiger partial charge on any atom is 0.338 e. The molecule has 0 rings (SSSR count). The van der Waals surface area contributed by atoms with Crippen LogP contribution in [-0.4, -0.2) is 33.5 Å². The van der Waals surface area contributed by atoms with Crippen molar-refractivity contribution < 1.29 is 20.1 Å². The van der Waals surface area contributed by atoms with Crippen LogP contribution in [0.15, 0.2) is 0 Å². The fourth-order valence-electron chi connectivity index (χ4n) is 2.69. The Morgan fingerprint density at radius 2 is 1.14 bits per heavy atom. The maximum absolute atomic E-state index is 10.8. The lowest BCUT2D eigenvalue weighted by molar-refractivity contribution is -0.163. The number of hydrogen-bond acceptors (Lipinski definition) is 3. The van der Waals surface area contributed by atoms with Gasteiger partial charge in [-0.25, -0.2) is 4.79 Å². The van der Waals surface area contributed by atoms with Crippen molar-refractivity contribution in [2.45, 2.75) is 102 Å². The Bertz CT molecular complexity index is 268. The number of carboxylic acids is 1. The van der Waals surface area contributed by atoms with Crippen molar-refractivity contribution >= 4 is 5.97 Å². The Balaban J connectivity index is 3.29. The van der Waals surface area contributed by atoms with E-state index in [1.54, 1.807) is 0 Å². The molecule has 1 atom stereocenters. The second-order valence-corrected chi connectivity index (χ2v) is 6.49. The first-order chi connectivity index (χ1) is 10.6. The van der Waals surface area contributed by atoms with E-state index in [1.807, 2.05) is 0 Å². The van der Waals surface area contributed by atoms with Crippen molar-refractivity contribution in [2.24, 2.45) is 0 Å². The molecule has 0 aliphatic carbocycles. The van der Waals surface area contributed by atoms with Gasteiger partial charge in [0.15, 0.2) is 5.60 Å². The number of rotatable bonds is 16. The highest BCUT2D eigenvalue weighted by molar-refractivity contribution is 5.77. The molecule has 132 valence electrons. The van der Waals surface area contributed by atoms with Gasteiger partial charge in [-0.2, -0.15) is 0 Å². The number of aliphatic hydroxyl groups is 2. The van der Waals surface area contributed by atoms with Crippen LogP contribution in [-0.2, 0) is 4.79 Å². The summed E-state index contributed by atoms with van der Waals surface area (Å²) in [5, 5.41) is 27.4. The second-order valence-electron chi connectivity index (χ2n) is 6.49. The molecular weight excluding hydrogens is 280 g/mol. The molecule has 4 nitrogen and oxygen atoms in total. The van der Waals surface area contributed by atoms with E-state index in [-0.39, 0.29) is 6.42 Å². The summed E-state index contributed by atoms with van der Waals surface area (Å²) in [6.45, 7) is 1.53. The van der Waals surface area contributed by atoms with Crippen LogP contribution in [0.5, 0.6) is 0 Å². The van der Waals surface area contributed by atoms with E-state index in [0.717, 1.165) is 12.8 Å². The van der Waals surface area contributed by atoms with Crippen LogP contribution in [0.2, 0.25) is 0 Å². The molecule has 0 aromatic rings. The number of hydrogen-bond donors (Lipinski definition) is 3. The number of carboxylic acid groups (broad SMARTS) is 1. The van der Waals surface area contributed by atoms with Gasteiger partial charge in [0.05, 0.1) is 6.61 Å². The summed E-state index contributed by atoms with van der Waals surface area (Å²) >= 11 is 0. The van der Waals surface area contributed by atoms with Gasteiger partial charge >= 0.3 is 5.97 Å². The largest absolute Gasteiger partial charge is 0.479 e. The van der Waals surface area contributed by atoms with Crippen LogP contribution in [0.4, 0.5) is 0 Å². The van der Waals surface area contributed by atoms with Crippen LogP contribution < -0.4 is 0 Å². The highest BCUT2D eigenvalue weighted by Gasteiger charge is 2.34. The van der Waals surface area contributed by atoms with Gasteiger partial charge in [-0.15, -0.1) is 0 Å². The van der Waals surface area contributed by atoms with Crippen LogP contribution in [0, 0.1) is 0 Å². The Morgan fingerprint density at radius 1 is 0.773 bits per heavy atom. The first kappa shape index (κ1) is 21.4. The quantitative estimate of drug-likeness (QED) is 0.371. The zero-order valence-electron chi connectivity index (χ0n) is 14.4. The van der Waals surface area contributed by atoms with Gasteiger partial charge in [0.25, 0.3) is 0 Å². The zero-order valence-corrected chi connectivity index (χ0v) is 14.4. The zero-order chi connectivity index (χ0) is 16.7. The summed E-state index contributed by atoms with van der Waals surface area (Å²) in [5.41, 5.74) is -1.95. The third kappa shape index (κ3) is 11.0. The average Bonchev–Trinajstić information content (AvgIpc) is 2.51. The van der Waals surface area contributed by atoms with E-state index in [9.17, 15) is 9.90 Å². The Kier molecular flexibility index (Phi) is 13.6. The van der Waals surface area contributed by atoms with Crippen molar-refractivity contribution in [3.63, 3.8) is 0 Å². The molecular formula is C18H36O4. The minimum atomic E-state index is -1.95. The summed E-state index contributed by atoms with van der Waals surface area (Å²) < 4.78 is 0. The Hall–Kier alpha value is -0.610. The fraction of sp³-hybridized carbons (Fsp3) is 0.944. The monoisotopic (exact) mass is 316 g/mol. The summed E-state index contributed by atoms with van der Waals surface area (Å²) in [6.07, 6.45) is 16.0. The lowest BCUT2D eigenvalue weighted by Crippen LogP contribution is -2.42. The lowest BCUT2D eigenvalue weighted by Gasteiger charge is -2.20. The first-order valence-corrected chi connectivity index (χ1v) is 9.13. The Morgan fingerprint density at radius 3 is 1.45 bits per heavy atom. The van der Waals surface area contributed by atoms with Crippen molar-refractivity contribution in [3.05, 3.63) is 0 Å². The van der Waals surface area contributed by atoms with Crippen LogP contribution in [0.3, 0.4) is 0 Å². The molecule has 0 aliphatic rings. The van der Waals surface area contributed by atoms with Crippen molar-refractivity contribution in [1.29, 1.82) is 0 Å². The molecule has 0 spiro atoms. The van der Waals surface area contributed by atoms with Gasteiger partial charge in [0.1, 0.15) is 0 Å². The van der Waals surface area contributed by atoms with Crippen molar-refractivity contribution in [1.82, 2.24) is 0 Å². The van der Waals surface area contributed by atoms with Gasteiger partial charge in [0.2, 0.25) is 0 Å². The minimum absolute atomic E-state index is 0.136. The minimum Gasteiger partial charge on any atom is -0.479 e. The molecule has 0 aromatic carbocycles. The molecule has 0 radical (unpaired) electrons. The smallest absolute Gasteiger partial charge is 0.338 e. The van der Waals surface area contributed by atoms with Crippen LogP contribution >= 0.6 is 0 Å². The normalized spacial score (nSPS) is 14.0. The molecule has 3 N–H and O–H groups in total. The first-order valence-electron chi connectivity index (χ1n) is 9.13. The lowest BCUT2D eigenvalue weighted by atomic mass is 9.96. The fourth-order valence-corrected chi connectivity index (χ4v) is 2.69. The molecule has 0 bridgehead atoms. The van der Waals surface area contributed by atoms with Crippen LogP contribution in [0.25, 0.3) is 0 Å². The molecule has 0 heterocycles. The van der Waals surface area contributed by atoms with Gasteiger partial charge in [-0.05, 0) is 12.8 Å². The summed E-state index contributed by atoms with van der Waals surface area (Å²) in [6, 6.07) is 0. The summed E-state index contributed by atoms with van der Waals surface area (Å²) in [5.74, 6) is -1.33. The molecule has 0 aromatic heterocycles. The number of aliphatic carboxylic acids is 1. The maximum atomic E-state index is 10.8. The van der Waals surface area contributed by atoms with E-state index in [0.29, 0.717) is 6.42 Å². The van der Waals surface area contributed by atoms with Crippen molar-refractivity contribution in [3.8, 4) is 0 Å². The molecule has 22 heavy (non-hydrogen) atoms. The molecule has 0 fully saturated rings. The van der Waals surface area contributed by atoms with Crippen molar-refractivity contribution in [2.75, 3.05) is 6.61 Å². The number of carbonyl (C=O) groups is 1. The molecule has 4 heteroatoms. The van der Waals surface area contributed by atoms with E-state index in [1.165, 1.54) is 64.2 Å². The second kappa shape index (κ2) is 14.0. The summed E-state index contributed by atoms with van der Waals surface area (Å²) in [4.78, 5) is 10.8. The predicted molar refractivity (Wildman–Crippen MR) is 90.0 cm³/mol. The average molecular weight is 316 g/mol. The summed E-state index contributed by atoms with van der Waals surface area (Å²) in [7, 11) is 0. The predicted octanol–water partition coefficient (Wildman–Crippen LogP) is 4.28. The third-order valence-electron chi connectivity index (χ3n) is 4.35. The van der Waals surface area contributed by atoms with Gasteiger partial charge < -0.3 is 15.3 Å². The SMILES string of the molecule is CCCCCCCCCCCCCCCC(O)(CO)C(=O)O. The standard InChI is InChI=1S/C18H36O4/c1-2-3-4-5-6-7-8-9-10-11-12-13-14-15-18(22,16-19)17(20)21/h19,22H,2-16H2,1H3,(H,20,21). The number of aliphatic hydroxyl groups excluding tert-OH is 1. The number of unbranched alkanes of at least 4 members (excludes halogenated alkanes) is 12. The van der Waals surface area contributed by atoms with E-state index < -0.39 is 18.2 Å². The van der Waals surface area contributed by atoms with E-state index in [2.05, 4.69) is 6.92 Å². The molecule has 0 saturated heterocycles. The van der Waals surface area contributed by atoms with Crippen LogP contribution in [0.1, 0.15) is 96.8 Å². The third-order valence-corrected chi connectivity index (χ3v) is 4.35. The molecule has 0 amide bonds. The highest BCUT2D eigenvalue weighted by Crippen LogP contribution is 2.17. The van der Waals surface area contributed by atoms with E-state index in [4.69, 9.17) is 10.2 Å². The van der Waals surface area contributed by atoms with Gasteiger partial charge in [-0.1, -0.05) is 84.0 Å². The Labute approximate surface area is 135 Å². The van der Waals surface area contributed by atoms with Gasteiger partial charge in [0, 0.05) is 0 Å². The van der Waals surface area contributed by atoms with E-state index >= 15 is 0 Å². The highest BCUT2D eigenvalue weighted by atomic mass is 16.4. The topological polar surface area (TPSA) is 77.8 Å².